The van der Waals surface area contributed by atoms with Crippen molar-refractivity contribution in [3.05, 3.63) is 96.6 Å². The lowest BCUT2D eigenvalue weighted by molar-refractivity contribution is 0.0753. The fourth-order valence-corrected chi connectivity index (χ4v) is 4.63. The summed E-state index contributed by atoms with van der Waals surface area (Å²) in [5.74, 6) is 0.534. The Morgan fingerprint density at radius 3 is 2.52 bits per heavy atom. The number of hydrogen-bond donors (Lipinski definition) is 2. The van der Waals surface area contributed by atoms with Crippen LogP contribution in [0, 0.1) is 0 Å². The topological polar surface area (TPSA) is 109 Å². The second-order valence-corrected chi connectivity index (χ2v) is 9.07. The number of benzene rings is 2. The number of amides is 2. The van der Waals surface area contributed by atoms with Gasteiger partial charge in [-0.05, 0) is 54.4 Å². The Labute approximate surface area is 231 Å². The van der Waals surface area contributed by atoms with E-state index in [4.69, 9.17) is 9.47 Å². The van der Waals surface area contributed by atoms with Gasteiger partial charge in [0.05, 0.1) is 25.5 Å². The molecular formula is C31H29N5O4. The molecule has 2 N–H and O–H groups in total. The number of anilines is 1. The van der Waals surface area contributed by atoms with Crippen molar-refractivity contribution in [1.29, 1.82) is 0 Å². The molecule has 0 aliphatic rings. The molecule has 0 aliphatic carbocycles. The number of rotatable bonds is 8. The predicted octanol–water partition coefficient (Wildman–Crippen LogP) is 6.14. The van der Waals surface area contributed by atoms with Gasteiger partial charge in [-0.1, -0.05) is 24.3 Å². The number of methoxy groups -OCH3 is 2. The van der Waals surface area contributed by atoms with Crippen molar-refractivity contribution >= 4 is 28.7 Å². The van der Waals surface area contributed by atoms with Gasteiger partial charge in [-0.2, -0.15) is 0 Å². The zero-order valence-electron chi connectivity index (χ0n) is 22.5. The van der Waals surface area contributed by atoms with E-state index in [1.165, 1.54) is 7.11 Å². The third-order valence-electron chi connectivity index (χ3n) is 6.73. The monoisotopic (exact) mass is 535 g/mol. The van der Waals surface area contributed by atoms with Crippen molar-refractivity contribution < 1.29 is 19.1 Å². The molecule has 0 fully saturated rings. The van der Waals surface area contributed by atoms with Gasteiger partial charge in [0.2, 0.25) is 0 Å². The third kappa shape index (κ3) is 5.35. The molecule has 0 saturated heterocycles. The summed E-state index contributed by atoms with van der Waals surface area (Å²) >= 11 is 0. The Kier molecular flexibility index (Phi) is 7.72. The first-order valence-electron chi connectivity index (χ1n) is 12.8. The molecule has 3 heterocycles. The van der Waals surface area contributed by atoms with Gasteiger partial charge in [0.25, 0.3) is 5.91 Å². The van der Waals surface area contributed by atoms with Crippen LogP contribution in [-0.4, -0.2) is 52.6 Å². The number of H-pyrrole nitrogens is 1. The number of carbonyl (C=O) groups excluding carboxylic acids is 2. The molecule has 0 radical (unpaired) electrons. The van der Waals surface area contributed by atoms with E-state index in [0.717, 1.165) is 44.6 Å². The number of aromatic amines is 1. The lowest BCUT2D eigenvalue weighted by Gasteiger charge is -2.23. The molecule has 0 unspecified atom stereocenters. The van der Waals surface area contributed by atoms with E-state index in [1.807, 2.05) is 61.7 Å². The lowest BCUT2D eigenvalue weighted by atomic mass is 9.99. The van der Waals surface area contributed by atoms with Gasteiger partial charge in [-0.25, -0.2) is 9.78 Å². The number of nitrogens with one attached hydrogen (secondary N) is 2. The van der Waals surface area contributed by atoms with Gasteiger partial charge in [-0.15, -0.1) is 0 Å². The van der Waals surface area contributed by atoms with Gasteiger partial charge in [-0.3, -0.25) is 15.1 Å². The van der Waals surface area contributed by atoms with Crippen molar-refractivity contribution in [2.45, 2.75) is 13.5 Å². The number of hydrogen-bond acceptors (Lipinski definition) is 6. The molecule has 0 atom stereocenters. The number of carbonyl (C=O) groups is 2. The van der Waals surface area contributed by atoms with Gasteiger partial charge >= 0.3 is 6.09 Å². The van der Waals surface area contributed by atoms with Gasteiger partial charge in [0, 0.05) is 60.0 Å². The van der Waals surface area contributed by atoms with Crippen LogP contribution in [0.3, 0.4) is 0 Å². The zero-order valence-corrected chi connectivity index (χ0v) is 22.5. The zero-order chi connectivity index (χ0) is 28.1. The number of fused-ring (bicyclic) bond motifs is 1. The Hall–Kier alpha value is -5.18. The van der Waals surface area contributed by atoms with Crippen LogP contribution in [0.25, 0.3) is 33.3 Å². The van der Waals surface area contributed by atoms with E-state index in [-0.39, 0.29) is 5.91 Å². The van der Waals surface area contributed by atoms with Gasteiger partial charge < -0.3 is 19.4 Å². The molecule has 40 heavy (non-hydrogen) atoms. The van der Waals surface area contributed by atoms with Crippen molar-refractivity contribution in [1.82, 2.24) is 19.9 Å². The van der Waals surface area contributed by atoms with Crippen LogP contribution >= 0.6 is 0 Å². The van der Waals surface area contributed by atoms with E-state index in [0.29, 0.717) is 24.3 Å². The molecule has 0 saturated carbocycles. The van der Waals surface area contributed by atoms with Crippen molar-refractivity contribution in [2.24, 2.45) is 0 Å². The van der Waals surface area contributed by atoms with E-state index < -0.39 is 6.09 Å². The van der Waals surface area contributed by atoms with E-state index in [2.05, 4.69) is 20.3 Å². The highest BCUT2D eigenvalue weighted by Crippen LogP contribution is 2.36. The van der Waals surface area contributed by atoms with Crippen LogP contribution in [0.5, 0.6) is 5.75 Å². The average Bonchev–Trinajstić information content (AvgIpc) is 3.43. The maximum atomic E-state index is 13.8. The summed E-state index contributed by atoms with van der Waals surface area (Å²) in [6.07, 6.45) is 6.41. The molecule has 0 bridgehead atoms. The number of para-hydroxylation sites is 1. The molecule has 202 valence electrons. The molecule has 2 aromatic carbocycles. The standard InChI is InChI=1S/C31H29N5O4/c1-4-36(19-20-11-13-32-14-12-20)30(37)25-15-21(9-10-27(25)35-31(38)40-3)22-16-24-26(18-34-29(24)33-17-22)23-7-5-6-8-28(23)39-2/h5-18H,4,19H2,1-3H3,(H,33,34)(H,35,38). The highest BCUT2D eigenvalue weighted by atomic mass is 16.5. The minimum Gasteiger partial charge on any atom is -0.496 e. The molecule has 9 heteroatoms. The SMILES string of the molecule is CCN(Cc1ccncc1)C(=O)c1cc(-c2cnc3[nH]cc(-c4ccccc4OC)c3c2)ccc1NC(=O)OC. The molecule has 5 rings (SSSR count). The smallest absolute Gasteiger partial charge is 0.411 e. The summed E-state index contributed by atoms with van der Waals surface area (Å²) in [7, 11) is 2.93. The fourth-order valence-electron chi connectivity index (χ4n) is 4.63. The Morgan fingerprint density at radius 1 is 0.975 bits per heavy atom. The van der Waals surface area contributed by atoms with Crippen LogP contribution in [0.15, 0.2) is 85.5 Å². The van der Waals surface area contributed by atoms with Crippen LogP contribution in [0.2, 0.25) is 0 Å². The van der Waals surface area contributed by atoms with Crippen molar-refractivity contribution in [2.75, 3.05) is 26.1 Å². The summed E-state index contributed by atoms with van der Waals surface area (Å²) in [5.41, 5.74) is 5.89. The summed E-state index contributed by atoms with van der Waals surface area (Å²) in [6.45, 7) is 2.79. The predicted molar refractivity (Wildman–Crippen MR) is 154 cm³/mol. The molecular weight excluding hydrogens is 506 g/mol. The summed E-state index contributed by atoms with van der Waals surface area (Å²) in [5, 5.41) is 3.59. The normalized spacial score (nSPS) is 10.8. The Balaban J connectivity index is 1.57. The van der Waals surface area contributed by atoms with Crippen LogP contribution in [-0.2, 0) is 11.3 Å². The number of nitrogens with zero attached hydrogens (tertiary/aromatic N) is 3. The molecule has 2 amide bonds. The van der Waals surface area contributed by atoms with Crippen LogP contribution < -0.4 is 10.1 Å². The molecule has 3 aromatic heterocycles. The molecule has 0 aliphatic heterocycles. The average molecular weight is 536 g/mol. The number of aromatic nitrogens is 3. The number of pyridine rings is 2. The quantitative estimate of drug-likeness (QED) is 0.247. The van der Waals surface area contributed by atoms with Crippen LogP contribution in [0.1, 0.15) is 22.8 Å². The van der Waals surface area contributed by atoms with Gasteiger partial charge in [0.15, 0.2) is 0 Å². The molecule has 0 spiro atoms. The highest BCUT2D eigenvalue weighted by Gasteiger charge is 2.21. The van der Waals surface area contributed by atoms with Gasteiger partial charge in [0.1, 0.15) is 11.4 Å². The Morgan fingerprint density at radius 2 is 1.77 bits per heavy atom. The van der Waals surface area contributed by atoms with Crippen LogP contribution in [0.4, 0.5) is 10.5 Å². The first-order chi connectivity index (χ1) is 19.5. The minimum absolute atomic E-state index is 0.224. The molecule has 5 aromatic rings. The maximum Gasteiger partial charge on any atom is 0.411 e. The maximum absolute atomic E-state index is 13.8. The minimum atomic E-state index is -0.657. The van der Waals surface area contributed by atoms with E-state index in [1.54, 1.807) is 42.7 Å². The first-order valence-corrected chi connectivity index (χ1v) is 12.8. The largest absolute Gasteiger partial charge is 0.496 e. The van der Waals surface area contributed by atoms with Crippen molar-refractivity contribution in [3.63, 3.8) is 0 Å². The summed E-state index contributed by atoms with van der Waals surface area (Å²) in [6, 6.07) is 18.9. The second kappa shape index (κ2) is 11.7. The van der Waals surface area contributed by atoms with Crippen molar-refractivity contribution in [3.8, 4) is 28.0 Å². The van der Waals surface area contributed by atoms with E-state index in [9.17, 15) is 9.59 Å². The highest BCUT2D eigenvalue weighted by molar-refractivity contribution is 6.04. The second-order valence-electron chi connectivity index (χ2n) is 9.07. The fraction of sp³-hybridized carbons (Fsp3) is 0.161. The molecule has 9 nitrogen and oxygen atoms in total. The lowest BCUT2D eigenvalue weighted by Crippen LogP contribution is -2.31. The third-order valence-corrected chi connectivity index (χ3v) is 6.73. The Bertz CT molecular complexity index is 1670. The summed E-state index contributed by atoms with van der Waals surface area (Å²) < 4.78 is 10.4. The number of ether oxygens (including phenoxy) is 2. The first kappa shape index (κ1) is 26.4. The summed E-state index contributed by atoms with van der Waals surface area (Å²) in [4.78, 5) is 39.6. The van der Waals surface area contributed by atoms with E-state index >= 15 is 0 Å².